The normalized spacial score (nSPS) is 27.1. The van der Waals surface area contributed by atoms with E-state index in [-0.39, 0.29) is 16.8 Å². The fraction of sp³-hybridized carbons (Fsp3) is 0.531. The van der Waals surface area contributed by atoms with Gasteiger partial charge in [-0.25, -0.2) is 4.79 Å². The van der Waals surface area contributed by atoms with Crippen LogP contribution in [-0.2, 0) is 20.4 Å². The molecule has 2 aromatic carbocycles. The number of hydrogen-bond donors (Lipinski definition) is 0. The first-order valence-corrected chi connectivity index (χ1v) is 16.0. The number of benzene rings is 2. The van der Waals surface area contributed by atoms with Gasteiger partial charge in [0.1, 0.15) is 5.75 Å². The van der Waals surface area contributed by atoms with Gasteiger partial charge in [-0.15, -0.1) is 0 Å². The van der Waals surface area contributed by atoms with E-state index in [2.05, 4.69) is 70.3 Å². The van der Waals surface area contributed by atoms with Crippen molar-refractivity contribution in [3.63, 3.8) is 0 Å². The van der Waals surface area contributed by atoms with Crippen LogP contribution in [-0.4, -0.2) is 22.1 Å². The summed E-state index contributed by atoms with van der Waals surface area (Å²) in [5.74, 6) is 3.47. The van der Waals surface area contributed by atoms with Crippen molar-refractivity contribution in [2.24, 2.45) is 17.8 Å². The lowest BCUT2D eigenvalue weighted by Gasteiger charge is -2.58. The highest BCUT2D eigenvalue weighted by atomic mass is 28.3. The van der Waals surface area contributed by atoms with E-state index in [9.17, 15) is 4.79 Å². The van der Waals surface area contributed by atoms with Crippen LogP contribution in [0.15, 0.2) is 42.5 Å². The molecule has 0 heterocycles. The van der Waals surface area contributed by atoms with E-state index in [1.165, 1.54) is 74.0 Å². The Morgan fingerprint density at radius 2 is 1.53 bits per heavy atom. The minimum absolute atomic E-state index is 0.0617. The van der Waals surface area contributed by atoms with Crippen molar-refractivity contribution in [1.29, 1.82) is 0 Å². The summed E-state index contributed by atoms with van der Waals surface area (Å²) in [5, 5.41) is 0. The molecule has 0 aliphatic heterocycles. The molecule has 1 radical (unpaired) electrons. The van der Waals surface area contributed by atoms with Crippen molar-refractivity contribution in [2.45, 2.75) is 83.2 Å². The van der Waals surface area contributed by atoms with E-state index in [0.717, 1.165) is 29.1 Å². The van der Waals surface area contributed by atoms with Crippen LogP contribution in [0.3, 0.4) is 0 Å². The number of hydrogen-bond acceptors (Lipinski definition) is 3. The van der Waals surface area contributed by atoms with Crippen LogP contribution in [0.5, 0.6) is 5.75 Å². The lowest BCUT2D eigenvalue weighted by atomic mass is 9.47. The number of ether oxygens (including phenoxy) is 1. The molecule has 0 spiro atoms. The van der Waals surface area contributed by atoms with Crippen molar-refractivity contribution in [2.75, 3.05) is 7.11 Å². The molecule has 0 amide bonds. The zero-order chi connectivity index (χ0) is 25.7. The summed E-state index contributed by atoms with van der Waals surface area (Å²) in [7, 11) is 0.439. The second-order valence-electron chi connectivity index (χ2n) is 12.8. The lowest BCUT2D eigenvalue weighted by Crippen LogP contribution is -2.49. The fourth-order valence-corrected chi connectivity index (χ4v) is 8.31. The topological polar surface area (TPSA) is 35.5 Å². The van der Waals surface area contributed by atoms with Gasteiger partial charge in [0.25, 0.3) is 9.04 Å². The first-order valence-electron chi connectivity index (χ1n) is 13.6. The molecule has 4 fully saturated rings. The van der Waals surface area contributed by atoms with E-state index < -0.39 is 9.04 Å². The highest BCUT2D eigenvalue weighted by Gasteiger charge is 2.54. The zero-order valence-electron chi connectivity index (χ0n) is 22.8. The maximum atomic E-state index is 11.5. The predicted molar refractivity (Wildman–Crippen MR) is 150 cm³/mol. The van der Waals surface area contributed by atoms with E-state index in [1.54, 1.807) is 6.08 Å². The van der Waals surface area contributed by atoms with Gasteiger partial charge in [0.15, 0.2) is 0 Å². The molecule has 4 saturated carbocycles. The third-order valence-corrected chi connectivity index (χ3v) is 9.29. The molecule has 4 bridgehead atoms. The Bertz CT molecular complexity index is 1120. The van der Waals surface area contributed by atoms with Gasteiger partial charge in [-0.05, 0) is 97.6 Å². The van der Waals surface area contributed by atoms with E-state index in [1.807, 2.05) is 0 Å². The van der Waals surface area contributed by atoms with Crippen LogP contribution in [0.1, 0.15) is 76.0 Å². The van der Waals surface area contributed by atoms with Crippen molar-refractivity contribution >= 4 is 21.1 Å². The Morgan fingerprint density at radius 3 is 2.03 bits per heavy atom. The second kappa shape index (κ2) is 9.52. The molecule has 2 aromatic rings. The van der Waals surface area contributed by atoms with E-state index >= 15 is 0 Å². The summed E-state index contributed by atoms with van der Waals surface area (Å²) in [6.07, 6.45) is 11.6. The van der Waals surface area contributed by atoms with Crippen LogP contribution >= 0.6 is 0 Å². The van der Waals surface area contributed by atoms with Gasteiger partial charge < -0.3 is 9.16 Å². The van der Waals surface area contributed by atoms with Crippen molar-refractivity contribution < 1.29 is 14.0 Å². The molecule has 0 saturated heterocycles. The summed E-state index contributed by atoms with van der Waals surface area (Å²) in [6.45, 7) is 11.6. The molecule has 0 atom stereocenters. The Kier molecular flexibility index (Phi) is 6.69. The predicted octanol–water partition coefficient (Wildman–Crippen LogP) is 7.94. The maximum absolute atomic E-state index is 11.5. The quantitative estimate of drug-likeness (QED) is 0.229. The summed E-state index contributed by atoms with van der Waals surface area (Å²) >= 11 is 0. The van der Waals surface area contributed by atoms with Crippen LogP contribution in [0.2, 0.25) is 13.1 Å². The van der Waals surface area contributed by atoms with Gasteiger partial charge in [-0.1, -0.05) is 57.2 Å². The zero-order valence-corrected chi connectivity index (χ0v) is 23.8. The first-order chi connectivity index (χ1) is 17.1. The number of carbonyl (C=O) groups is 1. The van der Waals surface area contributed by atoms with Crippen LogP contribution < -0.4 is 4.43 Å². The molecule has 4 aliphatic carbocycles. The molecule has 4 heteroatoms. The third-order valence-electron chi connectivity index (χ3n) is 8.68. The van der Waals surface area contributed by atoms with Gasteiger partial charge >= 0.3 is 5.97 Å². The molecule has 191 valence electrons. The number of esters is 1. The van der Waals surface area contributed by atoms with Gasteiger partial charge in [-0.3, -0.25) is 0 Å². The van der Waals surface area contributed by atoms with Gasteiger partial charge in [-0.2, -0.15) is 0 Å². The fourth-order valence-electron chi connectivity index (χ4n) is 7.69. The van der Waals surface area contributed by atoms with Crippen molar-refractivity contribution in [1.82, 2.24) is 0 Å². The molecule has 6 rings (SSSR count). The molecule has 0 aromatic heterocycles. The molecule has 3 nitrogen and oxygen atoms in total. The summed E-state index contributed by atoms with van der Waals surface area (Å²) < 4.78 is 11.6. The lowest BCUT2D eigenvalue weighted by molar-refractivity contribution is -0.134. The number of rotatable bonds is 6. The number of carbonyl (C=O) groups excluding carboxylic acids is 1. The molecular weight excluding hydrogens is 460 g/mol. The van der Waals surface area contributed by atoms with E-state index in [0.29, 0.717) is 0 Å². The van der Waals surface area contributed by atoms with E-state index in [4.69, 9.17) is 9.16 Å². The summed E-state index contributed by atoms with van der Waals surface area (Å²) in [5.41, 5.74) is 6.69. The van der Waals surface area contributed by atoms with Crippen LogP contribution in [0, 0.1) is 17.8 Å². The molecule has 36 heavy (non-hydrogen) atoms. The summed E-state index contributed by atoms with van der Waals surface area (Å²) in [6, 6.07) is 13.2. The highest BCUT2D eigenvalue weighted by molar-refractivity contribution is 6.49. The van der Waals surface area contributed by atoms with Crippen LogP contribution in [0.4, 0.5) is 0 Å². The standard InChI is InChI=1S/C32H41O3Si/c1-31(2,3)27-13-12-26(25-10-7-21(8-11-25)9-14-28(33)34-4)30(35-36(5)6)29(27)32-18-22-15-23(19-32)17-24(16-22)20-32/h7-14,22-24H,15-20H2,1-6H3. The Morgan fingerprint density at radius 1 is 0.944 bits per heavy atom. The monoisotopic (exact) mass is 501 g/mol. The van der Waals surface area contributed by atoms with Crippen molar-refractivity contribution in [3.8, 4) is 16.9 Å². The molecular formula is C32H41O3Si. The van der Waals surface area contributed by atoms with Gasteiger partial charge in [0, 0.05) is 22.6 Å². The second-order valence-corrected chi connectivity index (χ2v) is 14.8. The van der Waals surface area contributed by atoms with Crippen LogP contribution in [0.25, 0.3) is 17.2 Å². The Balaban J connectivity index is 1.65. The average Bonchev–Trinajstić information content (AvgIpc) is 2.80. The third kappa shape index (κ3) is 4.81. The minimum Gasteiger partial charge on any atom is -0.542 e. The average molecular weight is 502 g/mol. The Labute approximate surface area is 219 Å². The first kappa shape index (κ1) is 25.3. The summed E-state index contributed by atoms with van der Waals surface area (Å²) in [4.78, 5) is 11.5. The smallest absolute Gasteiger partial charge is 0.330 e. The minimum atomic E-state index is -0.961. The largest absolute Gasteiger partial charge is 0.542 e. The SMILES string of the molecule is COC(=O)C=Cc1ccc(-c2ccc(C(C)(C)C)c(C34CC5CC(CC(C5)C3)C4)c2O[Si](C)C)cc1. The molecule has 0 N–H and O–H groups in total. The Hall–Kier alpha value is -2.33. The maximum Gasteiger partial charge on any atom is 0.330 e. The van der Waals surface area contributed by atoms with Gasteiger partial charge in [0.05, 0.1) is 7.11 Å². The number of methoxy groups -OCH3 is 1. The van der Waals surface area contributed by atoms with Gasteiger partial charge in [0.2, 0.25) is 0 Å². The molecule has 4 aliphatic rings. The molecule has 0 unspecified atom stereocenters. The highest BCUT2D eigenvalue weighted by Crippen LogP contribution is 2.63. The van der Waals surface area contributed by atoms with Crippen molar-refractivity contribution in [3.05, 3.63) is 59.2 Å².